The van der Waals surface area contributed by atoms with Gasteiger partial charge in [0, 0.05) is 56.1 Å². The van der Waals surface area contributed by atoms with Crippen LogP contribution in [0.3, 0.4) is 0 Å². The van der Waals surface area contributed by atoms with Crippen LogP contribution in [0.4, 0.5) is 11.4 Å². The maximum absolute atomic E-state index is 13.5. The van der Waals surface area contributed by atoms with Crippen molar-refractivity contribution in [2.45, 2.75) is 58.9 Å². The highest BCUT2D eigenvalue weighted by atomic mass is 31.0. The number of nitrogens with one attached hydrogen (secondary N) is 1. The summed E-state index contributed by atoms with van der Waals surface area (Å²) in [6.45, 7) is 11.0. The average Bonchev–Trinajstić information content (AvgIpc) is 2.91. The van der Waals surface area contributed by atoms with Gasteiger partial charge < -0.3 is 15.1 Å². The highest BCUT2D eigenvalue weighted by molar-refractivity contribution is 7.28. The predicted octanol–water partition coefficient (Wildman–Crippen LogP) is 4.83. The Balaban J connectivity index is 1.43. The summed E-state index contributed by atoms with van der Waals surface area (Å²) in [5.74, 6) is 0.325. The summed E-state index contributed by atoms with van der Waals surface area (Å²) in [5.41, 5.74) is 2.83. The Hall–Kier alpha value is -2.43. The SMILES string of the molecule is CCN(CC)C(=O)C(c1ccccc1)N1CCN(c2ccc(NC(=O)C3(C)CCCCC3)cc2P)CC1. The molecule has 1 N–H and O–H groups in total. The summed E-state index contributed by atoms with van der Waals surface area (Å²) >= 11 is 0. The van der Waals surface area contributed by atoms with E-state index in [1.807, 2.05) is 43.0 Å². The highest BCUT2D eigenvalue weighted by Gasteiger charge is 2.35. The number of hydrogen-bond acceptors (Lipinski definition) is 4. The topological polar surface area (TPSA) is 55.9 Å². The average molecular weight is 523 g/mol. The Morgan fingerprint density at radius 1 is 0.973 bits per heavy atom. The molecule has 2 atom stereocenters. The molecule has 2 fully saturated rings. The van der Waals surface area contributed by atoms with E-state index in [1.54, 1.807) is 0 Å². The van der Waals surface area contributed by atoms with Crippen LogP contribution >= 0.6 is 9.24 Å². The summed E-state index contributed by atoms with van der Waals surface area (Å²) in [4.78, 5) is 33.1. The summed E-state index contributed by atoms with van der Waals surface area (Å²) in [5, 5.41) is 4.26. The minimum atomic E-state index is -0.258. The first-order chi connectivity index (χ1) is 17.9. The van der Waals surface area contributed by atoms with Crippen LogP contribution in [0.5, 0.6) is 0 Å². The van der Waals surface area contributed by atoms with Crippen LogP contribution in [0.25, 0.3) is 0 Å². The molecule has 37 heavy (non-hydrogen) atoms. The third-order valence-corrected chi connectivity index (χ3v) is 8.70. The van der Waals surface area contributed by atoms with Crippen LogP contribution in [0, 0.1) is 5.41 Å². The number of hydrogen-bond donors (Lipinski definition) is 1. The van der Waals surface area contributed by atoms with E-state index < -0.39 is 0 Å². The van der Waals surface area contributed by atoms with Gasteiger partial charge in [-0.2, -0.15) is 0 Å². The number of carbonyl (C=O) groups excluding carboxylic acids is 2. The minimum absolute atomic E-state index is 0.141. The number of piperazine rings is 1. The van der Waals surface area contributed by atoms with Gasteiger partial charge in [0.05, 0.1) is 0 Å². The molecule has 0 radical (unpaired) electrons. The summed E-state index contributed by atoms with van der Waals surface area (Å²) in [6, 6.07) is 16.1. The lowest BCUT2D eigenvalue weighted by Crippen LogP contribution is -2.52. The Kier molecular flexibility index (Phi) is 9.26. The van der Waals surface area contributed by atoms with Crippen molar-refractivity contribution >= 4 is 37.7 Å². The van der Waals surface area contributed by atoms with E-state index in [9.17, 15) is 9.59 Å². The fourth-order valence-corrected chi connectivity index (χ4v) is 6.29. The fraction of sp³-hybridized carbons (Fsp3) is 0.533. The van der Waals surface area contributed by atoms with E-state index in [0.29, 0.717) is 0 Å². The number of carbonyl (C=O) groups is 2. The minimum Gasteiger partial charge on any atom is -0.368 e. The van der Waals surface area contributed by atoms with Gasteiger partial charge in [0.15, 0.2) is 0 Å². The zero-order valence-electron chi connectivity index (χ0n) is 22.7. The van der Waals surface area contributed by atoms with Crippen LogP contribution < -0.4 is 15.5 Å². The number of rotatable bonds is 8. The van der Waals surface area contributed by atoms with Gasteiger partial charge in [-0.05, 0) is 55.8 Å². The van der Waals surface area contributed by atoms with Gasteiger partial charge in [0.25, 0.3) is 0 Å². The second kappa shape index (κ2) is 12.4. The molecule has 2 aromatic rings. The zero-order chi connectivity index (χ0) is 26.4. The molecule has 1 saturated heterocycles. The van der Waals surface area contributed by atoms with Crippen molar-refractivity contribution in [2.24, 2.45) is 5.41 Å². The number of benzene rings is 2. The number of amides is 2. The largest absolute Gasteiger partial charge is 0.368 e. The molecular formula is C30H43N4O2P. The Morgan fingerprint density at radius 2 is 1.62 bits per heavy atom. The van der Waals surface area contributed by atoms with Crippen molar-refractivity contribution in [3.05, 3.63) is 54.1 Å². The molecule has 2 amide bonds. The summed E-state index contributed by atoms with van der Waals surface area (Å²) in [6.07, 6.45) is 5.44. The molecule has 2 aliphatic rings. The lowest BCUT2D eigenvalue weighted by atomic mass is 9.75. The fourth-order valence-electron chi connectivity index (χ4n) is 5.84. The van der Waals surface area contributed by atoms with Crippen LogP contribution in [0.15, 0.2) is 48.5 Å². The van der Waals surface area contributed by atoms with E-state index in [0.717, 1.165) is 87.2 Å². The molecule has 1 heterocycles. The smallest absolute Gasteiger partial charge is 0.244 e. The lowest BCUT2D eigenvalue weighted by molar-refractivity contribution is -0.137. The zero-order valence-corrected chi connectivity index (χ0v) is 23.9. The Morgan fingerprint density at radius 3 is 2.22 bits per heavy atom. The predicted molar refractivity (Wildman–Crippen MR) is 157 cm³/mol. The highest BCUT2D eigenvalue weighted by Crippen LogP contribution is 2.37. The van der Waals surface area contributed by atoms with Crippen molar-refractivity contribution in [3.63, 3.8) is 0 Å². The molecule has 0 bridgehead atoms. The van der Waals surface area contributed by atoms with Crippen molar-refractivity contribution in [3.8, 4) is 0 Å². The number of anilines is 2. The van der Waals surface area contributed by atoms with Crippen molar-refractivity contribution in [2.75, 3.05) is 49.5 Å². The van der Waals surface area contributed by atoms with E-state index in [1.165, 1.54) is 6.42 Å². The molecule has 0 aromatic heterocycles. The number of nitrogens with zero attached hydrogens (tertiary/aromatic N) is 3. The second-order valence-electron chi connectivity index (χ2n) is 10.7. The molecule has 6 nitrogen and oxygen atoms in total. The maximum atomic E-state index is 13.5. The molecule has 1 saturated carbocycles. The molecule has 200 valence electrons. The third kappa shape index (κ3) is 6.35. The van der Waals surface area contributed by atoms with Gasteiger partial charge in [0.1, 0.15) is 6.04 Å². The van der Waals surface area contributed by atoms with E-state index in [4.69, 9.17) is 0 Å². The standard InChI is InChI=1S/C30H43N4O2P/c1-4-32(5-2)28(35)27(23-12-8-6-9-13-23)34-20-18-33(19-21-34)25-15-14-24(22-26(25)37)31-29(36)30(3)16-10-7-11-17-30/h6,8-9,12-15,22,27H,4-5,7,10-11,16-21,37H2,1-3H3,(H,31,36). The van der Waals surface area contributed by atoms with E-state index in [-0.39, 0.29) is 23.3 Å². The third-order valence-electron chi connectivity index (χ3n) is 8.24. The molecule has 2 unspecified atom stereocenters. The van der Waals surface area contributed by atoms with E-state index in [2.05, 4.69) is 55.5 Å². The van der Waals surface area contributed by atoms with Gasteiger partial charge in [-0.1, -0.05) is 56.5 Å². The van der Waals surface area contributed by atoms with Gasteiger partial charge in [-0.3, -0.25) is 14.5 Å². The Labute approximate surface area is 225 Å². The van der Waals surface area contributed by atoms with Crippen LogP contribution in [-0.4, -0.2) is 60.9 Å². The molecule has 7 heteroatoms. The molecule has 1 aliphatic heterocycles. The van der Waals surface area contributed by atoms with Crippen molar-refractivity contribution < 1.29 is 9.59 Å². The second-order valence-corrected chi connectivity index (χ2v) is 11.3. The van der Waals surface area contributed by atoms with Crippen molar-refractivity contribution in [1.29, 1.82) is 0 Å². The quantitative estimate of drug-likeness (QED) is 0.505. The van der Waals surface area contributed by atoms with Gasteiger partial charge >= 0.3 is 0 Å². The van der Waals surface area contributed by atoms with Gasteiger partial charge in [0.2, 0.25) is 11.8 Å². The summed E-state index contributed by atoms with van der Waals surface area (Å²) in [7, 11) is 2.85. The first kappa shape index (κ1) is 27.6. The molecular weight excluding hydrogens is 479 g/mol. The molecule has 4 rings (SSSR count). The van der Waals surface area contributed by atoms with E-state index >= 15 is 0 Å². The van der Waals surface area contributed by atoms with Crippen molar-refractivity contribution in [1.82, 2.24) is 9.80 Å². The molecule has 1 aliphatic carbocycles. The lowest BCUT2D eigenvalue weighted by Gasteiger charge is -2.41. The molecule has 2 aromatic carbocycles. The van der Waals surface area contributed by atoms with Crippen LogP contribution in [0.2, 0.25) is 0 Å². The van der Waals surface area contributed by atoms with Gasteiger partial charge in [-0.15, -0.1) is 9.24 Å². The first-order valence-corrected chi connectivity index (χ1v) is 14.5. The number of likely N-dealkylation sites (N-methyl/N-ethyl adjacent to an activating group) is 1. The maximum Gasteiger partial charge on any atom is 0.244 e. The normalized spacial score (nSPS) is 18.8. The van der Waals surface area contributed by atoms with Crippen LogP contribution in [-0.2, 0) is 9.59 Å². The Bertz CT molecular complexity index is 1060. The monoisotopic (exact) mass is 522 g/mol. The first-order valence-electron chi connectivity index (χ1n) is 13.9. The van der Waals surface area contributed by atoms with Gasteiger partial charge in [-0.25, -0.2) is 0 Å². The molecule has 0 spiro atoms. The van der Waals surface area contributed by atoms with Crippen LogP contribution in [0.1, 0.15) is 64.5 Å². The summed E-state index contributed by atoms with van der Waals surface area (Å²) < 4.78 is 0.